The molecule has 0 aromatic carbocycles. The van der Waals surface area contributed by atoms with Crippen molar-refractivity contribution in [2.45, 2.75) is 13.8 Å². The number of hydrogen-bond donors (Lipinski definition) is 1. The fourth-order valence-electron chi connectivity index (χ4n) is 0.588. The van der Waals surface area contributed by atoms with Crippen molar-refractivity contribution in [2.24, 2.45) is 5.92 Å². The fraction of sp³-hybridized carbons (Fsp3) is 0.571. The van der Waals surface area contributed by atoms with E-state index in [9.17, 15) is 13.2 Å². The van der Waals surface area contributed by atoms with Crippen LogP contribution in [0.15, 0.2) is 12.7 Å². The highest BCUT2D eigenvalue weighted by atomic mass is 32.2. The van der Waals surface area contributed by atoms with E-state index < -0.39 is 16.0 Å². The lowest BCUT2D eigenvalue weighted by molar-refractivity contribution is -0.122. The van der Waals surface area contributed by atoms with Crippen molar-refractivity contribution in [3.63, 3.8) is 0 Å². The Morgan fingerprint density at radius 3 is 2.54 bits per heavy atom. The van der Waals surface area contributed by atoms with E-state index in [0.29, 0.717) is 0 Å². The van der Waals surface area contributed by atoms with Gasteiger partial charge in [0.1, 0.15) is 0 Å². The summed E-state index contributed by atoms with van der Waals surface area (Å²) in [4.78, 5) is 10.5. The number of hydrogen-bond acceptors (Lipinski definition) is 4. The van der Waals surface area contributed by atoms with Crippen LogP contribution >= 0.6 is 0 Å². The molecule has 1 N–H and O–H groups in total. The Morgan fingerprint density at radius 2 is 2.15 bits per heavy atom. The summed E-state index contributed by atoms with van der Waals surface area (Å²) in [5.74, 6) is -0.872. The van der Waals surface area contributed by atoms with Crippen molar-refractivity contribution < 1.29 is 17.5 Å². The van der Waals surface area contributed by atoms with Gasteiger partial charge >= 0.3 is 0 Å². The summed E-state index contributed by atoms with van der Waals surface area (Å²) in [5, 5.41) is 0. The molecule has 0 saturated heterocycles. The van der Waals surface area contributed by atoms with Crippen molar-refractivity contribution in [1.82, 2.24) is 5.48 Å². The SMILES string of the molecule is C=CC(=O)NOS(=O)(=O)CC(C)C. The molecule has 0 fully saturated rings. The second-order valence-electron chi connectivity index (χ2n) is 2.87. The Balaban J connectivity index is 4.04. The molecule has 0 atom stereocenters. The van der Waals surface area contributed by atoms with Crippen LogP contribution in [0.1, 0.15) is 13.8 Å². The molecule has 1 amide bonds. The Bertz CT molecular complexity index is 281. The van der Waals surface area contributed by atoms with Crippen LogP contribution in [0.5, 0.6) is 0 Å². The van der Waals surface area contributed by atoms with Crippen LogP contribution in [0.2, 0.25) is 0 Å². The summed E-state index contributed by atoms with van der Waals surface area (Å²) in [7, 11) is -3.67. The van der Waals surface area contributed by atoms with Crippen LogP contribution in [0, 0.1) is 5.92 Å². The van der Waals surface area contributed by atoms with Gasteiger partial charge in [0.25, 0.3) is 16.0 Å². The minimum absolute atomic E-state index is 0.0503. The van der Waals surface area contributed by atoms with E-state index in [-0.39, 0.29) is 11.7 Å². The molecule has 0 aliphatic heterocycles. The number of hydroxylamine groups is 1. The number of rotatable bonds is 5. The highest BCUT2D eigenvalue weighted by Crippen LogP contribution is 2.00. The Hall–Kier alpha value is -0.880. The van der Waals surface area contributed by atoms with Gasteiger partial charge in [-0.05, 0) is 12.0 Å². The largest absolute Gasteiger partial charge is 0.288 e. The average Bonchev–Trinajstić information content (AvgIpc) is 1.98. The van der Waals surface area contributed by atoms with Crippen LogP contribution < -0.4 is 5.48 Å². The molecule has 0 aromatic heterocycles. The summed E-state index contributed by atoms with van der Waals surface area (Å²) < 4.78 is 26.2. The number of carbonyl (C=O) groups is 1. The van der Waals surface area contributed by atoms with Gasteiger partial charge in [0, 0.05) is 0 Å². The zero-order valence-electron chi connectivity index (χ0n) is 7.61. The zero-order valence-corrected chi connectivity index (χ0v) is 8.43. The van der Waals surface area contributed by atoms with Crippen molar-refractivity contribution in [3.8, 4) is 0 Å². The standard InChI is InChI=1S/C7H13NO4S/c1-4-7(9)8-12-13(10,11)5-6(2)3/h4,6H,1,5H2,2-3H3,(H,8,9). The highest BCUT2D eigenvalue weighted by molar-refractivity contribution is 7.86. The maximum Gasteiger partial charge on any atom is 0.288 e. The molecule has 0 aromatic rings. The monoisotopic (exact) mass is 207 g/mol. The third kappa shape index (κ3) is 6.30. The zero-order chi connectivity index (χ0) is 10.5. The molecule has 0 heterocycles. The lowest BCUT2D eigenvalue weighted by Gasteiger charge is -2.06. The molecule has 0 aliphatic carbocycles. The summed E-state index contributed by atoms with van der Waals surface area (Å²) >= 11 is 0. The van der Waals surface area contributed by atoms with Crippen molar-refractivity contribution in [1.29, 1.82) is 0 Å². The molecule has 0 unspecified atom stereocenters. The predicted octanol–water partition coefficient (Wildman–Crippen LogP) is 0.206. The third-order valence-corrected chi connectivity index (χ3v) is 2.40. The summed E-state index contributed by atoms with van der Waals surface area (Å²) in [6.45, 7) is 6.60. The van der Waals surface area contributed by atoms with Crippen molar-refractivity contribution in [3.05, 3.63) is 12.7 Å². The van der Waals surface area contributed by atoms with Gasteiger partial charge in [-0.2, -0.15) is 8.42 Å². The molecule has 0 rings (SSSR count). The molecular formula is C7H13NO4S. The van der Waals surface area contributed by atoms with E-state index >= 15 is 0 Å². The van der Waals surface area contributed by atoms with Gasteiger partial charge in [0.2, 0.25) is 0 Å². The number of carbonyl (C=O) groups excluding carboxylic acids is 1. The lowest BCUT2D eigenvalue weighted by atomic mass is 10.3. The van der Waals surface area contributed by atoms with Crippen LogP contribution in [-0.2, 0) is 19.2 Å². The Kier molecular flexibility index (Phi) is 4.64. The first-order chi connectivity index (χ1) is 5.87. The van der Waals surface area contributed by atoms with Gasteiger partial charge in [-0.3, -0.25) is 4.79 Å². The topological polar surface area (TPSA) is 72.5 Å². The predicted molar refractivity (Wildman–Crippen MR) is 48.0 cm³/mol. The van der Waals surface area contributed by atoms with Gasteiger partial charge in [0.15, 0.2) is 0 Å². The van der Waals surface area contributed by atoms with Crippen LogP contribution in [0.4, 0.5) is 0 Å². The van der Waals surface area contributed by atoms with Gasteiger partial charge in [-0.25, -0.2) is 5.48 Å². The van der Waals surface area contributed by atoms with Gasteiger partial charge < -0.3 is 0 Å². The molecule has 0 bridgehead atoms. The third-order valence-electron chi connectivity index (χ3n) is 0.992. The quantitative estimate of drug-likeness (QED) is 0.516. The van der Waals surface area contributed by atoms with Gasteiger partial charge in [-0.15, -0.1) is 4.28 Å². The van der Waals surface area contributed by atoms with Gasteiger partial charge in [-0.1, -0.05) is 20.4 Å². The van der Waals surface area contributed by atoms with E-state index in [1.54, 1.807) is 19.3 Å². The number of nitrogens with one attached hydrogen (secondary N) is 1. The minimum Gasteiger partial charge on any atom is -0.268 e. The molecule has 0 radical (unpaired) electrons. The summed E-state index contributed by atoms with van der Waals surface area (Å²) in [6.07, 6.45) is 0.922. The highest BCUT2D eigenvalue weighted by Gasteiger charge is 2.14. The molecular weight excluding hydrogens is 194 g/mol. The fourth-order valence-corrected chi connectivity index (χ4v) is 1.68. The van der Waals surface area contributed by atoms with Crippen molar-refractivity contribution >= 4 is 16.0 Å². The van der Waals surface area contributed by atoms with Crippen molar-refractivity contribution in [2.75, 3.05) is 5.75 Å². The van der Waals surface area contributed by atoms with E-state index in [1.165, 1.54) is 0 Å². The lowest BCUT2D eigenvalue weighted by Crippen LogP contribution is -2.28. The second kappa shape index (κ2) is 4.98. The van der Waals surface area contributed by atoms with Crippen LogP contribution in [-0.4, -0.2) is 20.1 Å². The minimum atomic E-state index is -3.67. The van der Waals surface area contributed by atoms with E-state index in [0.717, 1.165) is 6.08 Å². The maximum atomic E-state index is 11.0. The summed E-state index contributed by atoms with van der Waals surface area (Å²) in [5.41, 5.74) is 1.73. The molecule has 0 saturated carbocycles. The van der Waals surface area contributed by atoms with Crippen LogP contribution in [0.25, 0.3) is 0 Å². The molecule has 6 heteroatoms. The normalized spacial score (nSPS) is 11.3. The summed E-state index contributed by atoms with van der Waals surface area (Å²) in [6, 6.07) is 0. The molecule has 13 heavy (non-hydrogen) atoms. The smallest absolute Gasteiger partial charge is 0.268 e. The van der Waals surface area contributed by atoms with E-state index in [2.05, 4.69) is 10.9 Å². The number of amides is 1. The molecule has 5 nitrogen and oxygen atoms in total. The average molecular weight is 207 g/mol. The Labute approximate surface area is 77.9 Å². The molecule has 76 valence electrons. The molecule has 0 aliphatic rings. The maximum absolute atomic E-state index is 11.0. The first-order valence-electron chi connectivity index (χ1n) is 3.71. The van der Waals surface area contributed by atoms with E-state index in [4.69, 9.17) is 0 Å². The van der Waals surface area contributed by atoms with Gasteiger partial charge in [0.05, 0.1) is 5.75 Å². The van der Waals surface area contributed by atoms with E-state index in [1.807, 2.05) is 0 Å². The van der Waals surface area contributed by atoms with Crippen LogP contribution in [0.3, 0.4) is 0 Å². The molecule has 0 spiro atoms. The second-order valence-corrected chi connectivity index (χ2v) is 4.49. The first-order valence-corrected chi connectivity index (χ1v) is 5.28. The Morgan fingerprint density at radius 1 is 1.62 bits per heavy atom. The first kappa shape index (κ1) is 12.1.